The van der Waals surface area contributed by atoms with E-state index < -0.39 is 15.9 Å². The molecule has 0 saturated carbocycles. The standard InChI is InChI=1S/C45H46BrCl2N5O4S/c1-3-5-21-51(22-6-4-2)42-18-15-38(46)43(49-42)36-14-12-33(27-37(36)45(55)53-24-19-31-9-7-8-10-34(31)29-53)44(54)50-58(56,57)35-13-17-41-32(26-35)20-23-52(41)28-30-11-16-39(47)40(48)25-30/h7-18,25-27H,3-6,19-24,28-29H2,1-2H3,(H,50,54). The molecule has 3 heterocycles. The van der Waals surface area contributed by atoms with Crippen molar-refractivity contribution in [1.29, 1.82) is 0 Å². The number of rotatable bonds is 14. The van der Waals surface area contributed by atoms with E-state index in [-0.39, 0.29) is 21.9 Å². The Morgan fingerprint density at radius 3 is 2.31 bits per heavy atom. The zero-order valence-electron chi connectivity index (χ0n) is 32.6. The third-order valence-electron chi connectivity index (χ3n) is 10.8. The molecule has 1 N–H and O–H groups in total. The Labute approximate surface area is 359 Å². The summed E-state index contributed by atoms with van der Waals surface area (Å²) in [6, 6.07) is 27.2. The monoisotopic (exact) mass is 901 g/mol. The first-order valence-electron chi connectivity index (χ1n) is 19.8. The van der Waals surface area contributed by atoms with Crippen LogP contribution in [-0.4, -0.2) is 56.3 Å². The summed E-state index contributed by atoms with van der Waals surface area (Å²) in [5.41, 5.74) is 6.46. The molecular weight excluding hydrogens is 857 g/mol. The molecule has 4 aromatic carbocycles. The zero-order valence-corrected chi connectivity index (χ0v) is 36.5. The van der Waals surface area contributed by atoms with Crippen LogP contribution in [0.3, 0.4) is 0 Å². The van der Waals surface area contributed by atoms with Crippen molar-refractivity contribution in [2.45, 2.75) is 70.4 Å². The molecule has 1 aromatic heterocycles. The van der Waals surface area contributed by atoms with E-state index in [4.69, 9.17) is 28.2 Å². The van der Waals surface area contributed by atoms with Crippen LogP contribution in [0.25, 0.3) is 11.3 Å². The number of hydrogen-bond donors (Lipinski definition) is 1. The summed E-state index contributed by atoms with van der Waals surface area (Å²) < 4.78 is 30.5. The van der Waals surface area contributed by atoms with Gasteiger partial charge in [0.2, 0.25) is 0 Å². The van der Waals surface area contributed by atoms with Crippen LogP contribution in [0.1, 0.15) is 82.5 Å². The smallest absolute Gasteiger partial charge is 0.265 e. The highest BCUT2D eigenvalue weighted by Crippen LogP contribution is 2.35. The number of halogens is 3. The fourth-order valence-electron chi connectivity index (χ4n) is 7.62. The summed E-state index contributed by atoms with van der Waals surface area (Å²) in [4.78, 5) is 39.8. The van der Waals surface area contributed by atoms with Gasteiger partial charge in [-0.2, -0.15) is 0 Å². The Bertz CT molecular complexity index is 2460. The largest absolute Gasteiger partial charge is 0.367 e. The van der Waals surface area contributed by atoms with E-state index in [0.29, 0.717) is 64.8 Å². The maximum atomic E-state index is 14.6. The Kier molecular flexibility index (Phi) is 13.1. The van der Waals surface area contributed by atoms with E-state index in [1.807, 2.05) is 42.5 Å². The average molecular weight is 904 g/mol. The molecule has 0 radical (unpaired) electrons. The van der Waals surface area contributed by atoms with Crippen molar-refractivity contribution in [2.24, 2.45) is 0 Å². The molecule has 0 atom stereocenters. The molecule has 2 aliphatic rings. The van der Waals surface area contributed by atoms with Crippen LogP contribution in [-0.2, 0) is 36.0 Å². The van der Waals surface area contributed by atoms with Gasteiger partial charge in [0.05, 0.1) is 20.6 Å². The summed E-state index contributed by atoms with van der Waals surface area (Å²) in [6.07, 6.45) is 5.48. The van der Waals surface area contributed by atoms with Gasteiger partial charge in [0.1, 0.15) is 5.82 Å². The summed E-state index contributed by atoms with van der Waals surface area (Å²) in [5, 5.41) is 0.961. The molecule has 302 valence electrons. The van der Waals surface area contributed by atoms with Gasteiger partial charge in [0.25, 0.3) is 21.8 Å². The van der Waals surface area contributed by atoms with E-state index in [2.05, 4.69) is 50.4 Å². The molecule has 0 spiro atoms. The molecule has 0 aliphatic carbocycles. The Hall–Kier alpha value is -4.42. The van der Waals surface area contributed by atoms with Crippen molar-refractivity contribution >= 4 is 72.5 Å². The number of sulfonamides is 1. The summed E-state index contributed by atoms with van der Waals surface area (Å²) in [5.74, 6) is -0.290. The number of unbranched alkanes of at least 4 members (excludes halogenated alkanes) is 2. The molecule has 9 nitrogen and oxygen atoms in total. The number of pyridine rings is 1. The first-order chi connectivity index (χ1) is 27.9. The van der Waals surface area contributed by atoms with E-state index in [9.17, 15) is 18.0 Å². The molecule has 2 amide bonds. The van der Waals surface area contributed by atoms with E-state index in [1.54, 1.807) is 35.2 Å². The van der Waals surface area contributed by atoms with Gasteiger partial charge in [-0.05, 0) is 118 Å². The predicted molar refractivity (Wildman–Crippen MR) is 237 cm³/mol. The van der Waals surface area contributed by atoms with Crippen LogP contribution in [0.15, 0.2) is 100 Å². The number of amides is 2. The van der Waals surface area contributed by atoms with Gasteiger partial charge in [-0.25, -0.2) is 18.1 Å². The SMILES string of the molecule is CCCCN(CCCC)c1ccc(Br)c(-c2ccc(C(=O)NS(=O)(=O)c3ccc4c(c3)CCN4Cc3ccc(Cl)c(Cl)c3)cc2C(=O)N2CCc3ccccc3C2)n1. The van der Waals surface area contributed by atoms with Crippen LogP contribution >= 0.6 is 39.1 Å². The lowest BCUT2D eigenvalue weighted by Crippen LogP contribution is -2.36. The van der Waals surface area contributed by atoms with Crippen molar-refractivity contribution in [2.75, 3.05) is 36.0 Å². The minimum Gasteiger partial charge on any atom is -0.367 e. The number of nitrogens with zero attached hydrogens (tertiary/aromatic N) is 4. The molecule has 0 unspecified atom stereocenters. The number of hydrogen-bond acceptors (Lipinski definition) is 7. The fourth-order valence-corrected chi connectivity index (χ4v) is 9.40. The van der Waals surface area contributed by atoms with Gasteiger partial charge >= 0.3 is 0 Å². The summed E-state index contributed by atoms with van der Waals surface area (Å²) in [6.45, 7) is 8.24. The van der Waals surface area contributed by atoms with E-state index in [1.165, 1.54) is 17.7 Å². The highest BCUT2D eigenvalue weighted by atomic mass is 79.9. The van der Waals surface area contributed by atoms with Crippen molar-refractivity contribution in [1.82, 2.24) is 14.6 Å². The second-order valence-electron chi connectivity index (χ2n) is 14.8. The van der Waals surface area contributed by atoms with Gasteiger partial charge < -0.3 is 14.7 Å². The number of anilines is 2. The minimum atomic E-state index is -4.27. The molecule has 0 saturated heterocycles. The lowest BCUT2D eigenvalue weighted by atomic mass is 9.96. The lowest BCUT2D eigenvalue weighted by molar-refractivity contribution is 0.0735. The number of carbonyl (C=O) groups is 2. The second-order valence-corrected chi connectivity index (χ2v) is 18.2. The average Bonchev–Trinajstić information content (AvgIpc) is 3.63. The van der Waals surface area contributed by atoms with Crippen molar-refractivity contribution < 1.29 is 18.0 Å². The van der Waals surface area contributed by atoms with Crippen LogP contribution in [0.2, 0.25) is 10.0 Å². The van der Waals surface area contributed by atoms with E-state index in [0.717, 1.165) is 67.0 Å². The third kappa shape index (κ3) is 9.23. The third-order valence-corrected chi connectivity index (χ3v) is 13.5. The van der Waals surface area contributed by atoms with Gasteiger partial charge in [0.15, 0.2) is 0 Å². The van der Waals surface area contributed by atoms with Crippen LogP contribution in [0.4, 0.5) is 11.5 Å². The van der Waals surface area contributed by atoms with Crippen LogP contribution in [0.5, 0.6) is 0 Å². The lowest BCUT2D eigenvalue weighted by Gasteiger charge is -2.30. The van der Waals surface area contributed by atoms with Crippen molar-refractivity contribution in [3.63, 3.8) is 0 Å². The van der Waals surface area contributed by atoms with Crippen LogP contribution in [0, 0.1) is 0 Å². The maximum absolute atomic E-state index is 14.6. The molecule has 2 aliphatic heterocycles. The second kappa shape index (κ2) is 18.2. The number of fused-ring (bicyclic) bond motifs is 2. The molecule has 7 rings (SSSR count). The molecule has 0 bridgehead atoms. The molecule has 5 aromatic rings. The highest BCUT2D eigenvalue weighted by molar-refractivity contribution is 9.10. The molecular formula is C45H46BrCl2N5O4S. The highest BCUT2D eigenvalue weighted by Gasteiger charge is 2.29. The Morgan fingerprint density at radius 2 is 1.57 bits per heavy atom. The summed E-state index contributed by atoms with van der Waals surface area (Å²) >= 11 is 16.1. The van der Waals surface area contributed by atoms with Crippen molar-refractivity contribution in [3.8, 4) is 11.3 Å². The van der Waals surface area contributed by atoms with Gasteiger partial charge in [-0.3, -0.25) is 9.59 Å². The number of nitrogens with one attached hydrogen (secondary N) is 1. The van der Waals surface area contributed by atoms with E-state index >= 15 is 0 Å². The normalized spacial score (nSPS) is 13.6. The first-order valence-corrected chi connectivity index (χ1v) is 22.8. The number of carbonyl (C=O) groups excluding carboxylic acids is 2. The molecule has 13 heteroatoms. The van der Waals surface area contributed by atoms with Gasteiger partial charge in [0, 0.05) is 66.1 Å². The summed E-state index contributed by atoms with van der Waals surface area (Å²) in [7, 11) is -4.27. The fraction of sp³-hybridized carbons (Fsp3) is 0.311. The Balaban J connectivity index is 1.18. The maximum Gasteiger partial charge on any atom is 0.265 e. The first kappa shape index (κ1) is 41.7. The number of benzene rings is 4. The minimum absolute atomic E-state index is 0.0171. The van der Waals surface area contributed by atoms with Gasteiger partial charge in [-0.1, -0.05) is 86.3 Å². The van der Waals surface area contributed by atoms with Gasteiger partial charge in [-0.15, -0.1) is 0 Å². The predicted octanol–water partition coefficient (Wildman–Crippen LogP) is 10.1. The quantitative estimate of drug-likeness (QED) is 0.118. The molecule has 58 heavy (non-hydrogen) atoms. The number of aromatic nitrogens is 1. The topological polar surface area (TPSA) is 103 Å². The Morgan fingerprint density at radius 1 is 0.828 bits per heavy atom. The zero-order chi connectivity index (χ0) is 41.0. The van der Waals surface area contributed by atoms with Crippen LogP contribution < -0.4 is 14.5 Å². The van der Waals surface area contributed by atoms with Crippen molar-refractivity contribution in [3.05, 3.63) is 139 Å². The molecule has 0 fully saturated rings.